The number of ether oxygens (including phenoxy) is 1. The largest absolute Gasteiger partial charge is 0.461 e. The van der Waals surface area contributed by atoms with E-state index in [0.29, 0.717) is 23.8 Å². The molecule has 3 aromatic carbocycles. The van der Waals surface area contributed by atoms with Gasteiger partial charge in [-0.05, 0) is 79.4 Å². The maximum Gasteiger partial charge on any atom is 0.354 e. The third-order valence-electron chi connectivity index (χ3n) is 6.93. The number of carbonyl (C=O) groups is 1. The van der Waals surface area contributed by atoms with E-state index < -0.39 is 22.1 Å². The summed E-state index contributed by atoms with van der Waals surface area (Å²) in [5, 5.41) is 15.4. The van der Waals surface area contributed by atoms with Gasteiger partial charge in [0.25, 0.3) is 0 Å². The van der Waals surface area contributed by atoms with Crippen LogP contribution in [0.2, 0.25) is 5.02 Å². The topological polar surface area (TPSA) is 101 Å². The smallest absolute Gasteiger partial charge is 0.354 e. The van der Waals surface area contributed by atoms with Gasteiger partial charge in [-0.25, -0.2) is 17.5 Å². The molecule has 0 saturated carbocycles. The maximum absolute atomic E-state index is 12.9. The summed E-state index contributed by atoms with van der Waals surface area (Å²) in [5.74, 6) is -0.415. The molecule has 0 amide bonds. The van der Waals surface area contributed by atoms with Gasteiger partial charge in [-0.1, -0.05) is 41.9 Å². The van der Waals surface area contributed by atoms with E-state index in [-0.39, 0.29) is 17.5 Å². The minimum Gasteiger partial charge on any atom is -0.461 e. The summed E-state index contributed by atoms with van der Waals surface area (Å²) < 4.78 is 33.3. The molecule has 0 aliphatic heterocycles. The Morgan fingerprint density at radius 2 is 1.76 bits per heavy atom. The number of nitrogens with zero attached hydrogens (tertiary/aromatic N) is 2. The van der Waals surface area contributed by atoms with Crippen molar-refractivity contribution in [3.05, 3.63) is 100 Å². The molecule has 218 valence electrons. The molecule has 4 aromatic rings. The zero-order valence-corrected chi connectivity index (χ0v) is 25.2. The van der Waals surface area contributed by atoms with Crippen LogP contribution in [0.15, 0.2) is 77.7 Å². The van der Waals surface area contributed by atoms with Gasteiger partial charge in [-0.15, -0.1) is 0 Å². The molecule has 0 bridgehead atoms. The number of rotatable bonds is 12. The number of aromatic nitrogens is 1. The second kappa shape index (κ2) is 13.2. The highest BCUT2D eigenvalue weighted by Gasteiger charge is 2.20. The van der Waals surface area contributed by atoms with E-state index in [9.17, 15) is 18.3 Å². The Morgan fingerprint density at radius 3 is 2.41 bits per heavy atom. The van der Waals surface area contributed by atoms with Gasteiger partial charge in [0.15, 0.2) is 0 Å². The fourth-order valence-corrected chi connectivity index (χ4v) is 5.82. The Bertz CT molecular complexity index is 1620. The summed E-state index contributed by atoms with van der Waals surface area (Å²) in [4.78, 5) is 13.1. The Balaban J connectivity index is 1.53. The molecule has 8 nitrogen and oxygen atoms in total. The van der Waals surface area contributed by atoms with E-state index in [2.05, 4.69) is 18.3 Å². The number of benzene rings is 3. The molecule has 0 spiro atoms. The van der Waals surface area contributed by atoms with Crippen LogP contribution in [0.3, 0.4) is 0 Å². The van der Waals surface area contributed by atoms with Gasteiger partial charge < -0.3 is 19.7 Å². The number of aliphatic hydroxyl groups is 1. The van der Waals surface area contributed by atoms with Gasteiger partial charge in [0.2, 0.25) is 10.0 Å². The lowest BCUT2D eigenvalue weighted by Crippen LogP contribution is -2.32. The first-order valence-electron chi connectivity index (χ1n) is 13.5. The summed E-state index contributed by atoms with van der Waals surface area (Å²) in [6, 6.07) is 21.9. The predicted octanol–water partition coefficient (Wildman–Crippen LogP) is 5.02. The molecule has 10 heteroatoms. The molecule has 1 heterocycles. The monoisotopic (exact) mass is 597 g/mol. The van der Waals surface area contributed by atoms with Crippen LogP contribution in [0.25, 0.3) is 10.9 Å². The van der Waals surface area contributed by atoms with Crippen molar-refractivity contribution in [3.8, 4) is 0 Å². The molecule has 4 rings (SSSR count). The average Bonchev–Trinajstić information content (AvgIpc) is 3.29. The van der Waals surface area contributed by atoms with Gasteiger partial charge in [-0.2, -0.15) is 0 Å². The van der Waals surface area contributed by atoms with Gasteiger partial charge in [0.05, 0.1) is 17.6 Å². The van der Waals surface area contributed by atoms with Crippen molar-refractivity contribution in [2.45, 2.75) is 43.9 Å². The second-order valence-corrected chi connectivity index (χ2v) is 12.8. The third-order valence-corrected chi connectivity index (χ3v) is 8.99. The first kappa shape index (κ1) is 30.7. The minimum absolute atomic E-state index is 0.0878. The van der Waals surface area contributed by atoms with E-state index in [4.69, 9.17) is 16.3 Å². The van der Waals surface area contributed by atoms with Crippen LogP contribution in [0.4, 0.5) is 0 Å². The molecule has 41 heavy (non-hydrogen) atoms. The maximum atomic E-state index is 12.9. The quantitative estimate of drug-likeness (QED) is 0.222. The number of hydrogen-bond acceptors (Lipinski definition) is 6. The number of carbonyl (C=O) groups excluding carboxylic acids is 1. The lowest BCUT2D eigenvalue weighted by Gasteiger charge is -2.18. The van der Waals surface area contributed by atoms with Crippen molar-refractivity contribution >= 4 is 38.5 Å². The van der Waals surface area contributed by atoms with E-state index >= 15 is 0 Å². The Kier molecular flexibility index (Phi) is 9.88. The molecule has 2 atom stereocenters. The van der Waals surface area contributed by atoms with Crippen molar-refractivity contribution < 1.29 is 23.1 Å². The Labute approximate surface area is 246 Å². The van der Waals surface area contributed by atoms with E-state index in [1.165, 1.54) is 18.4 Å². The molecule has 0 aliphatic rings. The van der Waals surface area contributed by atoms with Crippen LogP contribution in [0.5, 0.6) is 0 Å². The average molecular weight is 598 g/mol. The van der Waals surface area contributed by atoms with Crippen molar-refractivity contribution in [1.82, 2.24) is 14.2 Å². The highest BCUT2D eigenvalue weighted by molar-refractivity contribution is 7.89. The van der Waals surface area contributed by atoms with Crippen molar-refractivity contribution in [2.24, 2.45) is 0 Å². The van der Waals surface area contributed by atoms with Crippen LogP contribution in [0.1, 0.15) is 47.1 Å². The molecule has 0 fully saturated rings. The first-order chi connectivity index (χ1) is 19.5. The van der Waals surface area contributed by atoms with Crippen LogP contribution >= 0.6 is 11.6 Å². The zero-order chi connectivity index (χ0) is 29.7. The second-order valence-electron chi connectivity index (χ2n) is 10.2. The zero-order valence-electron chi connectivity index (χ0n) is 23.7. The number of halogens is 1. The van der Waals surface area contributed by atoms with Crippen molar-refractivity contribution in [1.29, 1.82) is 0 Å². The summed E-state index contributed by atoms with van der Waals surface area (Å²) in [6.45, 7) is 4.85. The molecule has 2 N–H and O–H groups in total. The van der Waals surface area contributed by atoms with Crippen LogP contribution < -0.4 is 5.32 Å². The van der Waals surface area contributed by atoms with Crippen molar-refractivity contribution in [3.63, 3.8) is 0 Å². The van der Waals surface area contributed by atoms with Gasteiger partial charge in [0.1, 0.15) is 5.69 Å². The summed E-state index contributed by atoms with van der Waals surface area (Å²) in [6.07, 6.45) is 0.0526. The van der Waals surface area contributed by atoms with Crippen LogP contribution in [-0.4, -0.2) is 61.7 Å². The lowest BCUT2D eigenvalue weighted by atomic mass is 10.0. The lowest BCUT2D eigenvalue weighted by molar-refractivity contribution is 0.0515. The minimum atomic E-state index is -3.53. The van der Waals surface area contributed by atoms with Crippen LogP contribution in [-0.2, 0) is 27.7 Å². The molecular formula is C31H36ClN3O5S. The van der Waals surface area contributed by atoms with E-state index in [0.717, 1.165) is 34.0 Å². The SMILES string of the molecule is CCOC(=O)c1cc2cc(CC(C)NCC(O)c3cccc(Cl)c3)ccc2n1Cc1ccc(S(=O)(=O)N(C)C)cc1. The molecule has 0 aliphatic carbocycles. The Morgan fingerprint density at radius 1 is 1.05 bits per heavy atom. The molecule has 0 saturated heterocycles. The fraction of sp³-hybridized carbons (Fsp3) is 0.323. The number of nitrogens with one attached hydrogen (secondary N) is 1. The summed E-state index contributed by atoms with van der Waals surface area (Å²) in [7, 11) is -0.538. The van der Waals surface area contributed by atoms with E-state index in [1.807, 2.05) is 34.9 Å². The number of sulfonamides is 1. The molecular weight excluding hydrogens is 562 g/mol. The standard InChI is InChI=1S/C31H36ClN3O5S/c1-5-40-31(37)29-18-25-16-23(15-21(2)33-19-30(36)24-7-6-8-26(32)17-24)11-14-28(25)35(29)20-22-9-12-27(13-10-22)41(38,39)34(3)4/h6-14,16-18,21,30,33,36H,5,15,19-20H2,1-4H3. The molecule has 1 aromatic heterocycles. The van der Waals surface area contributed by atoms with Gasteiger partial charge >= 0.3 is 5.97 Å². The highest BCUT2D eigenvalue weighted by Crippen LogP contribution is 2.25. The number of esters is 1. The highest BCUT2D eigenvalue weighted by atomic mass is 35.5. The van der Waals surface area contributed by atoms with Gasteiger partial charge in [0, 0.05) is 49.2 Å². The summed E-state index contributed by atoms with van der Waals surface area (Å²) in [5.41, 5.74) is 4.01. The van der Waals surface area contributed by atoms with Crippen molar-refractivity contribution in [2.75, 3.05) is 27.2 Å². The third kappa shape index (κ3) is 7.36. The van der Waals surface area contributed by atoms with E-state index in [1.54, 1.807) is 43.3 Å². The van der Waals surface area contributed by atoms with Gasteiger partial charge in [-0.3, -0.25) is 0 Å². The van der Waals surface area contributed by atoms with Crippen LogP contribution in [0, 0.1) is 0 Å². The molecule has 0 radical (unpaired) electrons. The molecule has 2 unspecified atom stereocenters. The predicted molar refractivity (Wildman–Crippen MR) is 162 cm³/mol. The normalized spacial score (nSPS) is 13.4. The number of fused-ring (bicyclic) bond motifs is 1. The first-order valence-corrected chi connectivity index (χ1v) is 15.3. The number of hydrogen-bond donors (Lipinski definition) is 2. The summed E-state index contributed by atoms with van der Waals surface area (Å²) >= 11 is 6.05. The fourth-order valence-electron chi connectivity index (χ4n) is 4.72. The number of aliphatic hydroxyl groups excluding tert-OH is 1. The Hall–Kier alpha value is -3.21.